The smallest absolute Gasteiger partial charge is 0.142 e. The van der Waals surface area contributed by atoms with Gasteiger partial charge >= 0.3 is 0 Å². The Bertz CT molecular complexity index is 473. The van der Waals surface area contributed by atoms with Crippen LogP contribution in [-0.4, -0.2) is 15.0 Å². The SMILES string of the molecule is Clc1ncnc2[nH]c(C3CCC3)cc12. The number of hydrogen-bond donors (Lipinski definition) is 1. The van der Waals surface area contributed by atoms with Crippen molar-refractivity contribution >= 4 is 22.6 Å². The first kappa shape index (κ1) is 8.24. The predicted molar refractivity (Wildman–Crippen MR) is 55.5 cm³/mol. The Labute approximate surface area is 86.5 Å². The van der Waals surface area contributed by atoms with E-state index in [2.05, 4.69) is 21.0 Å². The fraction of sp³-hybridized carbons (Fsp3) is 0.400. The van der Waals surface area contributed by atoms with Crippen molar-refractivity contribution in [2.45, 2.75) is 25.2 Å². The van der Waals surface area contributed by atoms with E-state index in [4.69, 9.17) is 11.6 Å². The fourth-order valence-electron chi connectivity index (χ4n) is 1.87. The topological polar surface area (TPSA) is 41.6 Å². The summed E-state index contributed by atoms with van der Waals surface area (Å²) in [4.78, 5) is 11.4. The van der Waals surface area contributed by atoms with E-state index >= 15 is 0 Å². The summed E-state index contributed by atoms with van der Waals surface area (Å²) in [6.07, 6.45) is 5.38. The van der Waals surface area contributed by atoms with Crippen molar-refractivity contribution in [1.29, 1.82) is 0 Å². The average Bonchev–Trinajstić information content (AvgIpc) is 2.46. The van der Waals surface area contributed by atoms with E-state index in [1.165, 1.54) is 31.3 Å². The van der Waals surface area contributed by atoms with Crippen LogP contribution >= 0.6 is 11.6 Å². The number of aromatic amines is 1. The molecule has 2 aromatic rings. The van der Waals surface area contributed by atoms with Crippen LogP contribution in [0, 0.1) is 0 Å². The van der Waals surface area contributed by atoms with Crippen LogP contribution in [0.4, 0.5) is 0 Å². The van der Waals surface area contributed by atoms with Crippen LogP contribution in [0.5, 0.6) is 0 Å². The number of halogens is 1. The van der Waals surface area contributed by atoms with E-state index in [-0.39, 0.29) is 0 Å². The van der Waals surface area contributed by atoms with E-state index in [1.54, 1.807) is 0 Å². The summed E-state index contributed by atoms with van der Waals surface area (Å²) in [7, 11) is 0. The van der Waals surface area contributed by atoms with Gasteiger partial charge in [-0.25, -0.2) is 9.97 Å². The third-order valence-corrected chi connectivity index (χ3v) is 3.24. The van der Waals surface area contributed by atoms with Crippen molar-refractivity contribution in [3.63, 3.8) is 0 Å². The van der Waals surface area contributed by atoms with Crippen LogP contribution in [-0.2, 0) is 0 Å². The summed E-state index contributed by atoms with van der Waals surface area (Å²) in [5.74, 6) is 0.681. The summed E-state index contributed by atoms with van der Waals surface area (Å²) in [5, 5.41) is 1.48. The molecular formula is C10H10ClN3. The third-order valence-electron chi connectivity index (χ3n) is 2.94. The molecule has 14 heavy (non-hydrogen) atoms. The van der Waals surface area contributed by atoms with Gasteiger partial charge in [-0.3, -0.25) is 0 Å². The summed E-state index contributed by atoms with van der Waals surface area (Å²) in [5.41, 5.74) is 2.11. The Balaban J connectivity index is 2.15. The zero-order valence-electron chi connectivity index (χ0n) is 7.63. The molecule has 1 fully saturated rings. The number of hydrogen-bond acceptors (Lipinski definition) is 2. The standard InChI is InChI=1S/C10H10ClN3/c11-9-7-4-8(6-2-1-3-6)14-10(7)13-5-12-9/h4-6H,1-3H2,(H,12,13,14). The lowest BCUT2D eigenvalue weighted by molar-refractivity contribution is 0.413. The number of fused-ring (bicyclic) bond motifs is 1. The maximum atomic E-state index is 5.97. The molecule has 1 aliphatic rings. The molecule has 1 saturated carbocycles. The Kier molecular flexibility index (Phi) is 1.74. The molecule has 0 atom stereocenters. The third kappa shape index (κ3) is 1.12. The van der Waals surface area contributed by atoms with Crippen molar-refractivity contribution in [1.82, 2.24) is 15.0 Å². The second-order valence-corrected chi connectivity index (χ2v) is 4.14. The second-order valence-electron chi connectivity index (χ2n) is 3.78. The van der Waals surface area contributed by atoms with Crippen molar-refractivity contribution < 1.29 is 0 Å². The molecule has 1 aliphatic carbocycles. The van der Waals surface area contributed by atoms with Gasteiger partial charge in [-0.2, -0.15) is 0 Å². The molecule has 3 nitrogen and oxygen atoms in total. The zero-order chi connectivity index (χ0) is 9.54. The average molecular weight is 208 g/mol. The zero-order valence-corrected chi connectivity index (χ0v) is 8.38. The summed E-state index contributed by atoms with van der Waals surface area (Å²) < 4.78 is 0. The van der Waals surface area contributed by atoms with Gasteiger partial charge in [-0.05, 0) is 24.8 Å². The molecule has 0 aliphatic heterocycles. The van der Waals surface area contributed by atoms with Crippen molar-refractivity contribution in [2.24, 2.45) is 0 Å². The van der Waals surface area contributed by atoms with Crippen molar-refractivity contribution in [2.75, 3.05) is 0 Å². The Morgan fingerprint density at radius 1 is 1.36 bits per heavy atom. The van der Waals surface area contributed by atoms with Crippen LogP contribution in [0.2, 0.25) is 5.15 Å². The first-order valence-corrected chi connectivity index (χ1v) is 5.21. The molecule has 2 heterocycles. The van der Waals surface area contributed by atoms with Gasteiger partial charge < -0.3 is 4.98 Å². The summed E-state index contributed by atoms with van der Waals surface area (Å²) in [6, 6.07) is 2.08. The van der Waals surface area contributed by atoms with Gasteiger partial charge in [-0.15, -0.1) is 0 Å². The van der Waals surface area contributed by atoms with E-state index in [0.717, 1.165) is 11.0 Å². The Hall–Kier alpha value is -1.09. The minimum absolute atomic E-state index is 0.539. The van der Waals surface area contributed by atoms with E-state index in [0.29, 0.717) is 11.1 Å². The molecule has 72 valence electrons. The Morgan fingerprint density at radius 2 is 2.21 bits per heavy atom. The highest BCUT2D eigenvalue weighted by Crippen LogP contribution is 2.37. The van der Waals surface area contributed by atoms with Crippen LogP contribution in [0.3, 0.4) is 0 Å². The molecule has 3 rings (SSSR count). The quantitative estimate of drug-likeness (QED) is 0.731. The van der Waals surface area contributed by atoms with E-state index in [1.807, 2.05) is 0 Å². The number of nitrogens with zero attached hydrogens (tertiary/aromatic N) is 2. The lowest BCUT2D eigenvalue weighted by Crippen LogP contribution is -2.08. The van der Waals surface area contributed by atoms with Crippen molar-refractivity contribution in [3.05, 3.63) is 23.2 Å². The highest BCUT2D eigenvalue weighted by Gasteiger charge is 2.21. The van der Waals surface area contributed by atoms with Crippen LogP contribution in [0.25, 0.3) is 11.0 Å². The van der Waals surface area contributed by atoms with Crippen LogP contribution in [0.1, 0.15) is 30.9 Å². The number of aromatic nitrogens is 3. The van der Waals surface area contributed by atoms with Crippen LogP contribution < -0.4 is 0 Å². The molecular weight excluding hydrogens is 198 g/mol. The highest BCUT2D eigenvalue weighted by molar-refractivity contribution is 6.33. The molecule has 2 aromatic heterocycles. The lowest BCUT2D eigenvalue weighted by atomic mass is 9.83. The van der Waals surface area contributed by atoms with Gasteiger partial charge in [-0.1, -0.05) is 18.0 Å². The molecule has 0 spiro atoms. The number of H-pyrrole nitrogens is 1. The molecule has 0 bridgehead atoms. The summed E-state index contributed by atoms with van der Waals surface area (Å²) >= 11 is 5.97. The van der Waals surface area contributed by atoms with Gasteiger partial charge in [0, 0.05) is 5.69 Å². The maximum Gasteiger partial charge on any atom is 0.142 e. The number of rotatable bonds is 1. The second kappa shape index (κ2) is 2.95. The van der Waals surface area contributed by atoms with E-state index in [9.17, 15) is 0 Å². The molecule has 0 aromatic carbocycles. The molecule has 0 unspecified atom stereocenters. The van der Waals surface area contributed by atoms with Gasteiger partial charge in [0.25, 0.3) is 0 Å². The van der Waals surface area contributed by atoms with Crippen LogP contribution in [0.15, 0.2) is 12.4 Å². The highest BCUT2D eigenvalue weighted by atomic mass is 35.5. The van der Waals surface area contributed by atoms with Gasteiger partial charge in [0.2, 0.25) is 0 Å². The molecule has 0 radical (unpaired) electrons. The predicted octanol–water partition coefficient (Wildman–Crippen LogP) is 2.88. The lowest BCUT2D eigenvalue weighted by Gasteiger charge is -2.23. The molecule has 1 N–H and O–H groups in total. The van der Waals surface area contributed by atoms with E-state index < -0.39 is 0 Å². The fourth-order valence-corrected chi connectivity index (χ4v) is 2.06. The van der Waals surface area contributed by atoms with Gasteiger partial charge in [0.15, 0.2) is 0 Å². The first-order valence-electron chi connectivity index (χ1n) is 4.84. The minimum Gasteiger partial charge on any atom is -0.343 e. The first-order chi connectivity index (χ1) is 6.84. The minimum atomic E-state index is 0.539. The molecule has 4 heteroatoms. The Morgan fingerprint density at radius 3 is 2.86 bits per heavy atom. The normalized spacial score (nSPS) is 17.2. The summed E-state index contributed by atoms with van der Waals surface area (Å²) in [6.45, 7) is 0. The monoisotopic (exact) mass is 207 g/mol. The molecule has 0 saturated heterocycles. The number of nitrogens with one attached hydrogen (secondary N) is 1. The largest absolute Gasteiger partial charge is 0.343 e. The van der Waals surface area contributed by atoms with Crippen molar-refractivity contribution in [3.8, 4) is 0 Å². The molecule has 0 amide bonds. The maximum absolute atomic E-state index is 5.97. The van der Waals surface area contributed by atoms with Gasteiger partial charge in [0.1, 0.15) is 17.1 Å². The van der Waals surface area contributed by atoms with Gasteiger partial charge in [0.05, 0.1) is 5.39 Å².